The summed E-state index contributed by atoms with van der Waals surface area (Å²) >= 11 is 0. The van der Waals surface area contributed by atoms with E-state index in [-0.39, 0.29) is 5.97 Å². The monoisotopic (exact) mass is 544 g/mol. The summed E-state index contributed by atoms with van der Waals surface area (Å²) in [6, 6.07) is 0. The van der Waals surface area contributed by atoms with Crippen LogP contribution in [0.25, 0.3) is 0 Å². The SMILES string of the molecule is CCCCCCCCCCCCOCCOCCOCCOCCOC(=O)CCCCCCCCCCC. The lowest BCUT2D eigenvalue weighted by atomic mass is 10.1. The summed E-state index contributed by atoms with van der Waals surface area (Å²) in [6.07, 6.45) is 25.2. The molecule has 0 atom stereocenters. The largest absolute Gasteiger partial charge is 0.463 e. The maximum absolute atomic E-state index is 11.7. The minimum absolute atomic E-state index is 0.113. The molecule has 0 aliphatic rings. The lowest BCUT2D eigenvalue weighted by Crippen LogP contribution is -2.14. The molecule has 0 amide bonds. The quantitative estimate of drug-likeness (QED) is 0.0610. The number of unbranched alkanes of at least 4 members (excludes halogenated alkanes) is 17. The Morgan fingerprint density at radius 2 is 0.684 bits per heavy atom. The summed E-state index contributed by atoms with van der Waals surface area (Å²) in [6.45, 7) is 9.48. The number of rotatable bonds is 33. The molecule has 0 N–H and O–H groups in total. The molecule has 0 aromatic carbocycles. The smallest absolute Gasteiger partial charge is 0.305 e. The molecular weight excluding hydrogens is 480 g/mol. The van der Waals surface area contributed by atoms with Gasteiger partial charge >= 0.3 is 5.97 Å². The van der Waals surface area contributed by atoms with E-state index < -0.39 is 0 Å². The van der Waals surface area contributed by atoms with Gasteiger partial charge in [-0.05, 0) is 12.8 Å². The number of esters is 1. The van der Waals surface area contributed by atoms with Gasteiger partial charge in [0.15, 0.2) is 0 Å². The molecule has 0 saturated heterocycles. The molecule has 6 nitrogen and oxygen atoms in total. The molecule has 0 bridgehead atoms. The highest BCUT2D eigenvalue weighted by atomic mass is 16.6. The highest BCUT2D eigenvalue weighted by Gasteiger charge is 2.02. The Morgan fingerprint density at radius 1 is 0.368 bits per heavy atom. The Morgan fingerprint density at radius 3 is 1.11 bits per heavy atom. The van der Waals surface area contributed by atoms with Crippen LogP contribution in [0.4, 0.5) is 0 Å². The van der Waals surface area contributed by atoms with Crippen molar-refractivity contribution >= 4 is 5.97 Å². The fourth-order valence-corrected chi connectivity index (χ4v) is 4.32. The van der Waals surface area contributed by atoms with E-state index in [1.54, 1.807) is 0 Å². The highest BCUT2D eigenvalue weighted by Crippen LogP contribution is 2.11. The van der Waals surface area contributed by atoms with Gasteiger partial charge in [0.25, 0.3) is 0 Å². The Bertz CT molecular complexity index is 446. The van der Waals surface area contributed by atoms with E-state index in [1.807, 2.05) is 0 Å². The first kappa shape index (κ1) is 37.3. The van der Waals surface area contributed by atoms with Gasteiger partial charge in [-0.15, -0.1) is 0 Å². The van der Waals surface area contributed by atoms with Crippen LogP contribution in [0.5, 0.6) is 0 Å². The predicted molar refractivity (Wildman–Crippen MR) is 158 cm³/mol. The molecule has 0 saturated carbocycles. The van der Waals surface area contributed by atoms with Crippen molar-refractivity contribution in [3.05, 3.63) is 0 Å². The second kappa shape index (κ2) is 34.3. The second-order valence-corrected chi connectivity index (χ2v) is 10.4. The molecule has 0 radical (unpaired) electrons. The molecule has 0 spiro atoms. The van der Waals surface area contributed by atoms with Gasteiger partial charge in [-0.1, -0.05) is 123 Å². The van der Waals surface area contributed by atoms with Crippen LogP contribution in [-0.4, -0.2) is 65.4 Å². The van der Waals surface area contributed by atoms with Crippen molar-refractivity contribution in [3.63, 3.8) is 0 Å². The number of carbonyl (C=O) groups excluding carboxylic acids is 1. The van der Waals surface area contributed by atoms with Crippen LogP contribution in [0, 0.1) is 0 Å². The van der Waals surface area contributed by atoms with Crippen molar-refractivity contribution in [2.45, 2.75) is 142 Å². The van der Waals surface area contributed by atoms with E-state index in [2.05, 4.69) is 13.8 Å². The van der Waals surface area contributed by atoms with Crippen molar-refractivity contribution < 1.29 is 28.5 Å². The van der Waals surface area contributed by atoms with Gasteiger partial charge in [0.2, 0.25) is 0 Å². The first-order valence-corrected chi connectivity index (χ1v) is 16.3. The molecule has 38 heavy (non-hydrogen) atoms. The van der Waals surface area contributed by atoms with Gasteiger partial charge in [-0.2, -0.15) is 0 Å². The molecule has 0 heterocycles. The molecule has 0 aromatic rings. The molecule has 0 unspecified atom stereocenters. The van der Waals surface area contributed by atoms with Crippen LogP contribution < -0.4 is 0 Å². The van der Waals surface area contributed by atoms with Gasteiger partial charge in [-0.25, -0.2) is 0 Å². The topological polar surface area (TPSA) is 63.2 Å². The second-order valence-electron chi connectivity index (χ2n) is 10.4. The zero-order valence-electron chi connectivity index (χ0n) is 25.5. The Kier molecular flexibility index (Phi) is 33.7. The summed E-state index contributed by atoms with van der Waals surface area (Å²) in [5.41, 5.74) is 0. The molecule has 0 aliphatic heterocycles. The third-order valence-electron chi connectivity index (χ3n) is 6.73. The van der Waals surface area contributed by atoms with Crippen molar-refractivity contribution in [1.82, 2.24) is 0 Å². The molecule has 0 aromatic heterocycles. The van der Waals surface area contributed by atoms with Crippen LogP contribution in [-0.2, 0) is 28.5 Å². The van der Waals surface area contributed by atoms with Crippen molar-refractivity contribution in [2.75, 3.05) is 59.5 Å². The van der Waals surface area contributed by atoms with Crippen LogP contribution in [0.2, 0.25) is 0 Å². The van der Waals surface area contributed by atoms with E-state index in [1.165, 1.54) is 103 Å². The van der Waals surface area contributed by atoms with Crippen LogP contribution in [0.1, 0.15) is 142 Å². The molecule has 0 rings (SSSR count). The predicted octanol–water partition coefficient (Wildman–Crippen LogP) is 8.44. The van der Waals surface area contributed by atoms with Crippen LogP contribution >= 0.6 is 0 Å². The minimum atomic E-state index is -0.113. The first-order chi connectivity index (χ1) is 18.8. The Hall–Kier alpha value is -0.690. The third-order valence-corrected chi connectivity index (χ3v) is 6.73. The normalized spacial score (nSPS) is 11.3. The number of hydrogen-bond acceptors (Lipinski definition) is 6. The van der Waals surface area contributed by atoms with E-state index in [0.717, 1.165) is 25.9 Å². The summed E-state index contributed by atoms with van der Waals surface area (Å²) in [7, 11) is 0. The molecule has 228 valence electrons. The fourth-order valence-electron chi connectivity index (χ4n) is 4.32. The summed E-state index contributed by atoms with van der Waals surface area (Å²) in [5, 5.41) is 0. The van der Waals surface area contributed by atoms with Gasteiger partial charge in [-0.3, -0.25) is 4.79 Å². The zero-order valence-corrected chi connectivity index (χ0v) is 25.5. The van der Waals surface area contributed by atoms with Crippen LogP contribution in [0.3, 0.4) is 0 Å². The summed E-state index contributed by atoms with van der Waals surface area (Å²) in [5.74, 6) is -0.113. The van der Waals surface area contributed by atoms with E-state index in [0.29, 0.717) is 59.3 Å². The molecule has 0 fully saturated rings. The van der Waals surface area contributed by atoms with Gasteiger partial charge in [0, 0.05) is 13.0 Å². The van der Waals surface area contributed by atoms with Gasteiger partial charge < -0.3 is 23.7 Å². The van der Waals surface area contributed by atoms with Crippen molar-refractivity contribution in [3.8, 4) is 0 Å². The maximum atomic E-state index is 11.7. The minimum Gasteiger partial charge on any atom is -0.463 e. The number of ether oxygens (including phenoxy) is 5. The number of carbonyl (C=O) groups is 1. The lowest BCUT2D eigenvalue weighted by Gasteiger charge is -2.08. The lowest BCUT2D eigenvalue weighted by molar-refractivity contribution is -0.145. The van der Waals surface area contributed by atoms with Gasteiger partial charge in [0.05, 0.1) is 46.2 Å². The Balaban J connectivity index is 3.11. The summed E-state index contributed by atoms with van der Waals surface area (Å²) in [4.78, 5) is 11.7. The van der Waals surface area contributed by atoms with Crippen molar-refractivity contribution in [1.29, 1.82) is 0 Å². The fraction of sp³-hybridized carbons (Fsp3) is 0.969. The molecular formula is C32H64O6. The zero-order chi connectivity index (χ0) is 27.6. The maximum Gasteiger partial charge on any atom is 0.305 e. The highest BCUT2D eigenvalue weighted by molar-refractivity contribution is 5.69. The average molecular weight is 545 g/mol. The van der Waals surface area contributed by atoms with E-state index in [9.17, 15) is 4.79 Å². The van der Waals surface area contributed by atoms with E-state index >= 15 is 0 Å². The summed E-state index contributed by atoms with van der Waals surface area (Å²) < 4.78 is 27.3. The average Bonchev–Trinajstić information content (AvgIpc) is 2.92. The van der Waals surface area contributed by atoms with E-state index in [4.69, 9.17) is 23.7 Å². The van der Waals surface area contributed by atoms with Crippen LogP contribution in [0.15, 0.2) is 0 Å². The third kappa shape index (κ3) is 33.3. The standard InChI is InChI=1S/C32H64O6/c1-3-5-7-9-11-13-15-17-19-21-23-34-24-25-35-26-27-36-28-29-37-30-31-38-32(33)22-20-18-16-14-12-10-8-6-4-2/h3-31H2,1-2H3. The number of hydrogen-bond donors (Lipinski definition) is 0. The first-order valence-electron chi connectivity index (χ1n) is 16.3. The molecule has 0 aliphatic carbocycles. The Labute approximate surface area is 236 Å². The molecule has 6 heteroatoms. The van der Waals surface area contributed by atoms with Gasteiger partial charge in [0.1, 0.15) is 6.61 Å². The van der Waals surface area contributed by atoms with Crippen molar-refractivity contribution in [2.24, 2.45) is 0 Å².